The number of carbonyl (C=O) groups excluding carboxylic acids is 3. The molecule has 3 amide bonds. The second-order valence-electron chi connectivity index (χ2n) is 10.3. The number of nitrogens with zero attached hydrogens (tertiary/aromatic N) is 2. The molecule has 4 atom stereocenters. The minimum absolute atomic E-state index is 0.00124. The summed E-state index contributed by atoms with van der Waals surface area (Å²) in [5, 5.41) is 3.26. The molecule has 0 spiro atoms. The molecule has 2 aliphatic heterocycles. The number of rotatable bonds is 4. The summed E-state index contributed by atoms with van der Waals surface area (Å²) in [4.78, 5) is 43.2. The lowest BCUT2D eigenvalue weighted by Crippen LogP contribution is -2.55. The third-order valence-electron chi connectivity index (χ3n) is 7.86. The van der Waals surface area contributed by atoms with Gasteiger partial charge < -0.3 is 19.9 Å². The van der Waals surface area contributed by atoms with E-state index in [9.17, 15) is 14.4 Å². The molecular formula is C29H35N3O4. The van der Waals surface area contributed by atoms with Crippen molar-refractivity contribution in [2.45, 2.75) is 70.2 Å². The van der Waals surface area contributed by atoms with Gasteiger partial charge in [-0.1, -0.05) is 61.5 Å². The van der Waals surface area contributed by atoms with Crippen LogP contribution in [0.3, 0.4) is 0 Å². The van der Waals surface area contributed by atoms with E-state index in [-0.39, 0.29) is 30.5 Å². The predicted molar refractivity (Wildman–Crippen MR) is 136 cm³/mol. The van der Waals surface area contributed by atoms with Gasteiger partial charge in [-0.25, -0.2) is 4.79 Å². The highest BCUT2D eigenvalue weighted by Crippen LogP contribution is 2.33. The Labute approximate surface area is 212 Å². The van der Waals surface area contributed by atoms with Crippen molar-refractivity contribution >= 4 is 17.9 Å². The average molecular weight is 490 g/mol. The number of carbonyl (C=O) groups is 3. The molecular weight excluding hydrogens is 454 g/mol. The molecule has 2 heterocycles. The Morgan fingerprint density at radius 2 is 1.78 bits per heavy atom. The van der Waals surface area contributed by atoms with Crippen LogP contribution >= 0.6 is 0 Å². The van der Waals surface area contributed by atoms with Gasteiger partial charge in [0.2, 0.25) is 11.8 Å². The number of nitrogens with one attached hydrogen (secondary N) is 1. The molecule has 2 saturated heterocycles. The number of hydrogen-bond donors (Lipinski definition) is 1. The first-order valence-electron chi connectivity index (χ1n) is 13.2. The molecule has 0 aromatic heterocycles. The first-order chi connectivity index (χ1) is 17.5. The van der Waals surface area contributed by atoms with E-state index in [2.05, 4.69) is 17.4 Å². The largest absolute Gasteiger partial charge is 0.445 e. The molecule has 2 fully saturated rings. The lowest BCUT2D eigenvalue weighted by Gasteiger charge is -2.37. The third-order valence-corrected chi connectivity index (χ3v) is 7.86. The van der Waals surface area contributed by atoms with E-state index in [1.54, 1.807) is 4.90 Å². The fraction of sp³-hybridized carbons (Fsp3) is 0.483. The van der Waals surface area contributed by atoms with Crippen molar-refractivity contribution in [1.29, 1.82) is 0 Å². The molecule has 7 nitrogen and oxygen atoms in total. The molecule has 1 N–H and O–H groups in total. The van der Waals surface area contributed by atoms with E-state index in [0.29, 0.717) is 25.9 Å². The van der Waals surface area contributed by atoms with Crippen LogP contribution in [0.5, 0.6) is 0 Å². The molecule has 2 aromatic rings. The maximum Gasteiger partial charge on any atom is 0.410 e. The van der Waals surface area contributed by atoms with Crippen LogP contribution in [-0.4, -0.2) is 52.9 Å². The first kappa shape index (κ1) is 24.3. The van der Waals surface area contributed by atoms with Gasteiger partial charge >= 0.3 is 6.09 Å². The van der Waals surface area contributed by atoms with Gasteiger partial charge in [-0.2, -0.15) is 0 Å². The molecule has 1 unspecified atom stereocenters. The maximum absolute atomic E-state index is 13.5. The van der Waals surface area contributed by atoms with Crippen LogP contribution in [0, 0.1) is 5.92 Å². The van der Waals surface area contributed by atoms with Gasteiger partial charge in [-0.3, -0.25) is 9.59 Å². The van der Waals surface area contributed by atoms with Crippen molar-refractivity contribution in [3.63, 3.8) is 0 Å². The zero-order chi connectivity index (χ0) is 25.1. The number of fused-ring (bicyclic) bond motifs is 2. The van der Waals surface area contributed by atoms with Gasteiger partial charge in [0, 0.05) is 19.1 Å². The number of amides is 3. The molecule has 3 aliphatic rings. The third kappa shape index (κ3) is 5.11. The fourth-order valence-electron chi connectivity index (χ4n) is 5.96. The number of ether oxygens (including phenoxy) is 1. The summed E-state index contributed by atoms with van der Waals surface area (Å²) in [6, 6.07) is 17.4. The van der Waals surface area contributed by atoms with Gasteiger partial charge in [-0.15, -0.1) is 0 Å². The first-order valence-corrected chi connectivity index (χ1v) is 13.2. The van der Waals surface area contributed by atoms with Crippen molar-refractivity contribution in [1.82, 2.24) is 15.1 Å². The van der Waals surface area contributed by atoms with E-state index >= 15 is 0 Å². The van der Waals surface area contributed by atoms with E-state index < -0.39 is 18.1 Å². The Balaban J connectivity index is 1.22. The minimum Gasteiger partial charge on any atom is -0.445 e. The van der Waals surface area contributed by atoms with Crippen molar-refractivity contribution in [2.75, 3.05) is 13.1 Å². The molecule has 7 heteroatoms. The lowest BCUT2D eigenvalue weighted by molar-refractivity contribution is -0.145. The van der Waals surface area contributed by atoms with Gasteiger partial charge in [0.1, 0.15) is 12.6 Å². The summed E-state index contributed by atoms with van der Waals surface area (Å²) >= 11 is 0. The Kier molecular flexibility index (Phi) is 7.25. The van der Waals surface area contributed by atoms with Gasteiger partial charge in [0.15, 0.2) is 0 Å². The highest BCUT2D eigenvalue weighted by molar-refractivity contribution is 5.90. The minimum atomic E-state index is -0.448. The molecule has 5 rings (SSSR count). The smallest absolute Gasteiger partial charge is 0.410 e. The van der Waals surface area contributed by atoms with Crippen LogP contribution in [0.4, 0.5) is 4.79 Å². The topological polar surface area (TPSA) is 79.0 Å². The average Bonchev–Trinajstić information content (AvgIpc) is 3.33. The van der Waals surface area contributed by atoms with Crippen molar-refractivity contribution in [2.24, 2.45) is 5.92 Å². The Bertz CT molecular complexity index is 1100. The maximum atomic E-state index is 13.5. The van der Waals surface area contributed by atoms with E-state index in [1.807, 2.05) is 54.3 Å². The standard InChI is InChI=1S/C29H35N3O4/c1-20-18-31(29(35)36-19-21-8-3-2-4-9-21)17-16-23-14-15-26(32(23)28(20)34)27(33)30-25-13-7-11-22-10-5-6-12-24(22)25/h2-6,8-10,12,20,23,25-26H,7,11,13-19H2,1H3,(H,30,33)/t20-,23+,25?,26-/m0/s1. The highest BCUT2D eigenvalue weighted by atomic mass is 16.6. The summed E-state index contributed by atoms with van der Waals surface area (Å²) in [6.45, 7) is 2.85. The quantitative estimate of drug-likeness (QED) is 0.698. The van der Waals surface area contributed by atoms with Crippen LogP contribution in [-0.2, 0) is 27.4 Å². The SMILES string of the molecule is C[C@H]1CN(C(=O)OCc2ccccc2)CC[C@H]2CC[C@@H](C(=O)NC3CCCc4ccccc43)N2C1=O. The molecule has 2 aromatic carbocycles. The molecule has 36 heavy (non-hydrogen) atoms. The second kappa shape index (κ2) is 10.7. The van der Waals surface area contributed by atoms with E-state index in [0.717, 1.165) is 31.2 Å². The van der Waals surface area contributed by atoms with Crippen LogP contribution in [0.15, 0.2) is 54.6 Å². The highest BCUT2D eigenvalue weighted by Gasteiger charge is 2.44. The van der Waals surface area contributed by atoms with Crippen LogP contribution in [0.25, 0.3) is 0 Å². The van der Waals surface area contributed by atoms with Crippen LogP contribution in [0.2, 0.25) is 0 Å². The summed E-state index contributed by atoms with van der Waals surface area (Å²) in [7, 11) is 0. The number of aryl methyl sites for hydroxylation is 1. The van der Waals surface area contributed by atoms with Crippen LogP contribution in [0.1, 0.15) is 61.8 Å². The van der Waals surface area contributed by atoms with Crippen molar-refractivity contribution < 1.29 is 19.1 Å². The Morgan fingerprint density at radius 3 is 2.61 bits per heavy atom. The molecule has 1 aliphatic carbocycles. The molecule has 0 radical (unpaired) electrons. The van der Waals surface area contributed by atoms with Gasteiger partial charge in [-0.05, 0) is 55.2 Å². The monoisotopic (exact) mass is 489 g/mol. The second-order valence-corrected chi connectivity index (χ2v) is 10.3. The van der Waals surface area contributed by atoms with Crippen molar-refractivity contribution in [3.05, 3.63) is 71.3 Å². The predicted octanol–water partition coefficient (Wildman–Crippen LogP) is 4.22. The summed E-state index contributed by atoms with van der Waals surface area (Å²) in [5.74, 6) is -0.511. The summed E-state index contributed by atoms with van der Waals surface area (Å²) in [6.07, 6.45) is 4.69. The van der Waals surface area contributed by atoms with Crippen LogP contribution < -0.4 is 5.32 Å². The van der Waals surface area contributed by atoms with Crippen molar-refractivity contribution in [3.8, 4) is 0 Å². The van der Waals surface area contributed by atoms with Gasteiger partial charge in [0.05, 0.1) is 12.0 Å². The molecule has 0 bridgehead atoms. The summed E-state index contributed by atoms with van der Waals surface area (Å²) < 4.78 is 5.53. The fourth-order valence-corrected chi connectivity index (χ4v) is 5.96. The molecule has 190 valence electrons. The number of hydrogen-bond acceptors (Lipinski definition) is 4. The molecule has 0 saturated carbocycles. The Hall–Kier alpha value is -3.35. The van der Waals surface area contributed by atoms with E-state index in [4.69, 9.17) is 4.74 Å². The lowest BCUT2D eigenvalue weighted by atomic mass is 9.87. The van der Waals surface area contributed by atoms with Gasteiger partial charge in [0.25, 0.3) is 0 Å². The summed E-state index contributed by atoms with van der Waals surface area (Å²) in [5.41, 5.74) is 3.43. The van der Waals surface area contributed by atoms with E-state index in [1.165, 1.54) is 11.1 Å². The normalized spacial score (nSPS) is 25.9. The zero-order valence-electron chi connectivity index (χ0n) is 20.9. The number of benzene rings is 2. The zero-order valence-corrected chi connectivity index (χ0v) is 20.9. The Morgan fingerprint density at radius 1 is 1.00 bits per heavy atom.